The van der Waals surface area contributed by atoms with Gasteiger partial charge in [0, 0.05) is 13.1 Å². The van der Waals surface area contributed by atoms with E-state index in [2.05, 4.69) is 16.7 Å². The third-order valence-corrected chi connectivity index (χ3v) is 7.17. The van der Waals surface area contributed by atoms with Crippen molar-refractivity contribution in [2.45, 2.75) is 49.6 Å². The molecule has 1 fully saturated rings. The van der Waals surface area contributed by atoms with Crippen molar-refractivity contribution in [1.82, 2.24) is 14.9 Å². The summed E-state index contributed by atoms with van der Waals surface area (Å²) in [5, 5.41) is 5.12. The molecule has 1 aliphatic carbocycles. The van der Waals surface area contributed by atoms with Crippen molar-refractivity contribution in [2.75, 3.05) is 26.2 Å². The van der Waals surface area contributed by atoms with Gasteiger partial charge >= 0.3 is 11.8 Å². The Kier molecular flexibility index (Phi) is 8.01. The van der Waals surface area contributed by atoms with Crippen LogP contribution in [0.2, 0.25) is 0 Å². The van der Waals surface area contributed by atoms with Crippen LogP contribution in [-0.4, -0.2) is 57.0 Å². The van der Waals surface area contributed by atoms with Crippen molar-refractivity contribution >= 4 is 21.8 Å². The minimum Gasteiger partial charge on any atom is -0.360 e. The van der Waals surface area contributed by atoms with Crippen LogP contribution in [0.4, 0.5) is 0 Å². The molecule has 0 radical (unpaired) electrons. The Balaban J connectivity index is 1.50. The van der Waals surface area contributed by atoms with Gasteiger partial charge in [-0.3, -0.25) is 9.59 Å². The predicted octanol–water partition coefficient (Wildman–Crippen LogP) is 1.55. The molecule has 1 saturated heterocycles. The molecule has 1 aromatic carbocycles. The van der Waals surface area contributed by atoms with E-state index in [-0.39, 0.29) is 11.4 Å². The highest BCUT2D eigenvalue weighted by Crippen LogP contribution is 2.22. The molecule has 1 aromatic rings. The van der Waals surface area contributed by atoms with Crippen LogP contribution in [-0.2, 0) is 24.3 Å². The fraction of sp³-hybridized carbons (Fsp3) is 0.524. The number of carbonyl (C=O) groups excluding carboxylic acids is 2. The summed E-state index contributed by atoms with van der Waals surface area (Å²) in [6.45, 7) is 0.998. The first-order valence-electron chi connectivity index (χ1n) is 10.4. The van der Waals surface area contributed by atoms with Crippen LogP contribution in [0.25, 0.3) is 0 Å². The Bertz CT molecular complexity index is 870. The highest BCUT2D eigenvalue weighted by Gasteiger charge is 2.34. The lowest BCUT2D eigenvalue weighted by molar-refractivity contribution is -0.140. The first-order valence-corrected chi connectivity index (χ1v) is 11.8. The highest BCUT2D eigenvalue weighted by atomic mass is 32.2. The fourth-order valence-corrected chi connectivity index (χ4v) is 5.23. The quantitative estimate of drug-likeness (QED) is 0.499. The van der Waals surface area contributed by atoms with Gasteiger partial charge in [0.25, 0.3) is 0 Å². The molecule has 2 amide bonds. The summed E-state index contributed by atoms with van der Waals surface area (Å²) in [4.78, 5) is 24.3. The van der Waals surface area contributed by atoms with Gasteiger partial charge in [0.2, 0.25) is 10.0 Å². The predicted molar refractivity (Wildman–Crippen MR) is 112 cm³/mol. The van der Waals surface area contributed by atoms with Crippen molar-refractivity contribution in [1.29, 1.82) is 0 Å². The van der Waals surface area contributed by atoms with Crippen LogP contribution in [0, 0.1) is 0 Å². The third kappa shape index (κ3) is 5.90. The number of ether oxygens (including phenoxy) is 1. The first-order chi connectivity index (χ1) is 14.5. The van der Waals surface area contributed by atoms with E-state index in [0.717, 1.165) is 19.3 Å². The van der Waals surface area contributed by atoms with Gasteiger partial charge in [0.15, 0.2) is 0 Å². The number of benzene rings is 1. The molecule has 0 spiro atoms. The van der Waals surface area contributed by atoms with Crippen molar-refractivity contribution in [3.05, 3.63) is 42.0 Å². The minimum absolute atomic E-state index is 0.0938. The second kappa shape index (κ2) is 10.7. The number of sulfonamides is 1. The summed E-state index contributed by atoms with van der Waals surface area (Å²) in [5.41, 5.74) is 1.32. The Morgan fingerprint density at radius 2 is 1.83 bits per heavy atom. The van der Waals surface area contributed by atoms with Crippen LogP contribution < -0.4 is 10.6 Å². The average molecular weight is 436 g/mol. The van der Waals surface area contributed by atoms with E-state index in [4.69, 9.17) is 4.74 Å². The van der Waals surface area contributed by atoms with Crippen LogP contribution in [0.5, 0.6) is 0 Å². The topological polar surface area (TPSA) is 105 Å². The maximum Gasteiger partial charge on any atom is 0.309 e. The second-order valence-electron chi connectivity index (χ2n) is 7.43. The smallest absolute Gasteiger partial charge is 0.309 e. The van der Waals surface area contributed by atoms with E-state index in [9.17, 15) is 18.0 Å². The lowest BCUT2D eigenvalue weighted by Gasteiger charge is -2.34. The number of nitrogens with zero attached hydrogens (tertiary/aromatic N) is 1. The lowest BCUT2D eigenvalue weighted by atomic mass is 9.97. The lowest BCUT2D eigenvalue weighted by Crippen LogP contribution is -2.53. The van der Waals surface area contributed by atoms with Gasteiger partial charge in [-0.05, 0) is 50.7 Å². The number of allylic oxidation sites excluding steroid dienone is 1. The van der Waals surface area contributed by atoms with Gasteiger partial charge < -0.3 is 15.4 Å². The zero-order chi connectivity index (χ0) is 21.4. The maximum atomic E-state index is 12.9. The Morgan fingerprint density at radius 1 is 1.07 bits per heavy atom. The van der Waals surface area contributed by atoms with E-state index in [1.165, 1.54) is 34.9 Å². The van der Waals surface area contributed by atoms with Crippen LogP contribution >= 0.6 is 0 Å². The van der Waals surface area contributed by atoms with Crippen molar-refractivity contribution in [3.8, 4) is 0 Å². The molecule has 9 heteroatoms. The van der Waals surface area contributed by atoms with E-state index >= 15 is 0 Å². The molecule has 0 bridgehead atoms. The average Bonchev–Trinajstić information content (AvgIpc) is 2.79. The zero-order valence-corrected chi connectivity index (χ0v) is 17.8. The van der Waals surface area contributed by atoms with Crippen molar-refractivity contribution < 1.29 is 22.7 Å². The van der Waals surface area contributed by atoms with Gasteiger partial charge in [0.1, 0.15) is 6.23 Å². The number of hydrogen-bond donors (Lipinski definition) is 2. The number of nitrogens with one attached hydrogen (secondary N) is 2. The molecule has 8 nitrogen and oxygen atoms in total. The van der Waals surface area contributed by atoms with Gasteiger partial charge in [0.05, 0.1) is 18.0 Å². The third-order valence-electron chi connectivity index (χ3n) is 5.26. The Labute approximate surface area is 177 Å². The summed E-state index contributed by atoms with van der Waals surface area (Å²) < 4.78 is 32.7. The molecule has 30 heavy (non-hydrogen) atoms. The first kappa shape index (κ1) is 22.5. The molecule has 0 unspecified atom stereocenters. The van der Waals surface area contributed by atoms with Crippen molar-refractivity contribution in [3.63, 3.8) is 0 Å². The van der Waals surface area contributed by atoms with Gasteiger partial charge in [-0.1, -0.05) is 29.8 Å². The molecular formula is C21H29N3O5S. The van der Waals surface area contributed by atoms with Gasteiger partial charge in [-0.25, -0.2) is 8.42 Å². The monoisotopic (exact) mass is 435 g/mol. The normalized spacial score (nSPS) is 20.3. The molecule has 2 aliphatic rings. The standard InChI is InChI=1S/C21H29N3O5S/c25-20(22-13-12-17-8-3-1-4-9-17)21(26)23-16-19-24(14-7-15-29-19)30(27,28)18-10-5-2-6-11-18/h2,5-6,8,10-11,19H,1,3-4,7,9,12-16H2,(H,22,25)(H,23,26)/t19-/m1/s1. The molecule has 2 N–H and O–H groups in total. The molecule has 0 saturated carbocycles. The molecule has 3 rings (SSSR count). The summed E-state index contributed by atoms with van der Waals surface area (Å²) in [6, 6.07) is 8.10. The SMILES string of the molecule is O=C(NCCC1=CCCCC1)C(=O)NC[C@H]1OCCCN1S(=O)(=O)c1ccccc1. The maximum absolute atomic E-state index is 12.9. The van der Waals surface area contributed by atoms with Crippen LogP contribution in [0.3, 0.4) is 0 Å². The number of rotatable bonds is 7. The van der Waals surface area contributed by atoms with E-state index in [1.54, 1.807) is 18.2 Å². The zero-order valence-electron chi connectivity index (χ0n) is 17.0. The van der Waals surface area contributed by atoms with E-state index in [1.807, 2.05) is 0 Å². The van der Waals surface area contributed by atoms with E-state index < -0.39 is 28.1 Å². The number of amides is 2. The van der Waals surface area contributed by atoms with E-state index in [0.29, 0.717) is 26.1 Å². The minimum atomic E-state index is -3.76. The molecule has 1 heterocycles. The number of carbonyl (C=O) groups is 2. The van der Waals surface area contributed by atoms with Crippen LogP contribution in [0.15, 0.2) is 46.9 Å². The van der Waals surface area contributed by atoms with Gasteiger partial charge in [-0.15, -0.1) is 0 Å². The summed E-state index contributed by atoms with van der Waals surface area (Å²) in [6.07, 6.45) is 7.16. The Hall–Kier alpha value is -2.23. The molecule has 164 valence electrons. The largest absolute Gasteiger partial charge is 0.360 e. The Morgan fingerprint density at radius 3 is 2.57 bits per heavy atom. The summed E-state index contributed by atoms with van der Waals surface area (Å²) >= 11 is 0. The molecule has 0 aromatic heterocycles. The summed E-state index contributed by atoms with van der Waals surface area (Å²) in [7, 11) is -3.76. The second-order valence-corrected chi connectivity index (χ2v) is 9.32. The van der Waals surface area contributed by atoms with Gasteiger partial charge in [-0.2, -0.15) is 4.31 Å². The number of hydrogen-bond acceptors (Lipinski definition) is 5. The fourth-order valence-electron chi connectivity index (χ4n) is 3.64. The highest BCUT2D eigenvalue weighted by molar-refractivity contribution is 7.89. The summed E-state index contributed by atoms with van der Waals surface area (Å²) in [5.74, 6) is -1.52. The van der Waals surface area contributed by atoms with Crippen molar-refractivity contribution in [2.24, 2.45) is 0 Å². The molecule has 1 aliphatic heterocycles. The van der Waals surface area contributed by atoms with Crippen LogP contribution in [0.1, 0.15) is 38.5 Å². The molecular weight excluding hydrogens is 406 g/mol. The molecule has 1 atom stereocenters.